The van der Waals surface area contributed by atoms with Crippen LogP contribution in [0.2, 0.25) is 0 Å². The molecule has 21 heavy (non-hydrogen) atoms. The molecule has 1 amide bonds. The number of nitrogens with zero attached hydrogens (tertiary/aromatic N) is 1. The van der Waals surface area contributed by atoms with Crippen molar-refractivity contribution in [2.75, 3.05) is 13.7 Å². The molecule has 0 bridgehead atoms. The number of carbonyl (C=O) groups is 1. The number of nitrogens with one attached hydrogen (secondary N) is 1. The molecule has 0 aliphatic rings. The number of carbonyl (C=O) groups excluding carboxylic acids is 1. The largest absolute Gasteiger partial charge is 0.493 e. The minimum Gasteiger partial charge on any atom is -0.493 e. The van der Waals surface area contributed by atoms with Crippen LogP contribution in [0.3, 0.4) is 0 Å². The van der Waals surface area contributed by atoms with E-state index in [0.29, 0.717) is 18.0 Å². The summed E-state index contributed by atoms with van der Waals surface area (Å²) in [5.74, 6) is 0.965. The summed E-state index contributed by atoms with van der Waals surface area (Å²) < 4.78 is 10.7. The van der Waals surface area contributed by atoms with Gasteiger partial charge in [-0.3, -0.25) is 9.78 Å². The van der Waals surface area contributed by atoms with E-state index < -0.39 is 0 Å². The minimum absolute atomic E-state index is 0.0632. The van der Waals surface area contributed by atoms with Gasteiger partial charge in [0.25, 0.3) is 5.91 Å². The lowest BCUT2D eigenvalue weighted by atomic mass is 10.2. The van der Waals surface area contributed by atoms with Crippen molar-refractivity contribution in [3.05, 3.63) is 53.9 Å². The van der Waals surface area contributed by atoms with E-state index in [0.717, 1.165) is 11.3 Å². The average molecular weight is 286 g/mol. The van der Waals surface area contributed by atoms with Crippen molar-refractivity contribution in [1.82, 2.24) is 10.3 Å². The number of benzene rings is 1. The summed E-state index contributed by atoms with van der Waals surface area (Å²) in [6, 6.07) is 11.1. The standard InChI is InChI=1S/C16H18N2O3/c1-12-6-7-14(15(9-12)20-2)21-11-16(19)18-10-13-5-3-4-8-17-13/h3-9H,10-11H2,1-2H3,(H,18,19). The van der Waals surface area contributed by atoms with E-state index >= 15 is 0 Å². The lowest BCUT2D eigenvalue weighted by molar-refractivity contribution is -0.123. The Labute approximate surface area is 123 Å². The molecule has 110 valence electrons. The van der Waals surface area contributed by atoms with E-state index in [1.807, 2.05) is 37.3 Å². The van der Waals surface area contributed by atoms with E-state index in [1.54, 1.807) is 19.4 Å². The maximum absolute atomic E-state index is 11.8. The van der Waals surface area contributed by atoms with Gasteiger partial charge in [-0.2, -0.15) is 0 Å². The van der Waals surface area contributed by atoms with Gasteiger partial charge in [0, 0.05) is 6.20 Å². The molecule has 0 radical (unpaired) electrons. The van der Waals surface area contributed by atoms with Crippen LogP contribution in [-0.4, -0.2) is 24.6 Å². The Morgan fingerprint density at radius 1 is 1.24 bits per heavy atom. The van der Waals surface area contributed by atoms with Crippen LogP contribution in [-0.2, 0) is 11.3 Å². The van der Waals surface area contributed by atoms with Gasteiger partial charge in [-0.05, 0) is 36.8 Å². The first-order valence-electron chi connectivity index (χ1n) is 6.63. The number of ether oxygens (including phenoxy) is 2. The number of rotatable bonds is 6. The van der Waals surface area contributed by atoms with Crippen LogP contribution < -0.4 is 14.8 Å². The molecule has 5 heteroatoms. The topological polar surface area (TPSA) is 60.5 Å². The normalized spacial score (nSPS) is 10.0. The first-order valence-corrected chi connectivity index (χ1v) is 6.63. The quantitative estimate of drug-likeness (QED) is 0.883. The van der Waals surface area contributed by atoms with E-state index in [1.165, 1.54) is 0 Å². The summed E-state index contributed by atoms with van der Waals surface area (Å²) in [5.41, 5.74) is 1.87. The molecule has 2 aromatic rings. The minimum atomic E-state index is -0.205. The van der Waals surface area contributed by atoms with Gasteiger partial charge in [0.05, 0.1) is 19.3 Å². The molecular weight excluding hydrogens is 268 g/mol. The molecule has 1 aromatic carbocycles. The highest BCUT2D eigenvalue weighted by atomic mass is 16.5. The third-order valence-corrected chi connectivity index (χ3v) is 2.87. The van der Waals surface area contributed by atoms with Gasteiger partial charge in [0.15, 0.2) is 18.1 Å². The number of methoxy groups -OCH3 is 1. The fraction of sp³-hybridized carbons (Fsp3) is 0.250. The monoisotopic (exact) mass is 286 g/mol. The average Bonchev–Trinajstić information content (AvgIpc) is 2.52. The van der Waals surface area contributed by atoms with Gasteiger partial charge in [-0.25, -0.2) is 0 Å². The van der Waals surface area contributed by atoms with E-state index in [2.05, 4.69) is 10.3 Å². The van der Waals surface area contributed by atoms with Crippen molar-refractivity contribution in [2.45, 2.75) is 13.5 Å². The maximum atomic E-state index is 11.8. The van der Waals surface area contributed by atoms with E-state index in [4.69, 9.17) is 9.47 Å². The smallest absolute Gasteiger partial charge is 0.258 e. The Morgan fingerprint density at radius 3 is 2.81 bits per heavy atom. The van der Waals surface area contributed by atoms with Crippen LogP contribution >= 0.6 is 0 Å². The molecule has 1 N–H and O–H groups in total. The second kappa shape index (κ2) is 7.28. The molecule has 0 fully saturated rings. The Bertz CT molecular complexity index is 600. The van der Waals surface area contributed by atoms with Crippen LogP contribution in [0, 0.1) is 6.92 Å². The fourth-order valence-corrected chi connectivity index (χ4v) is 1.78. The Kier molecular flexibility index (Phi) is 5.15. The van der Waals surface area contributed by atoms with Crippen LogP contribution in [0.5, 0.6) is 11.5 Å². The second-order valence-corrected chi connectivity index (χ2v) is 4.54. The van der Waals surface area contributed by atoms with Gasteiger partial charge in [0.2, 0.25) is 0 Å². The van der Waals surface area contributed by atoms with Gasteiger partial charge in [0.1, 0.15) is 0 Å². The third-order valence-electron chi connectivity index (χ3n) is 2.87. The molecule has 0 saturated carbocycles. The van der Waals surface area contributed by atoms with Crippen molar-refractivity contribution in [2.24, 2.45) is 0 Å². The lowest BCUT2D eigenvalue weighted by Crippen LogP contribution is -2.28. The highest BCUT2D eigenvalue weighted by molar-refractivity contribution is 5.77. The highest BCUT2D eigenvalue weighted by Crippen LogP contribution is 2.27. The molecular formula is C16H18N2O3. The fourth-order valence-electron chi connectivity index (χ4n) is 1.78. The summed E-state index contributed by atoms with van der Waals surface area (Å²) in [5, 5.41) is 2.75. The van der Waals surface area contributed by atoms with Gasteiger partial charge < -0.3 is 14.8 Å². The van der Waals surface area contributed by atoms with Crippen LogP contribution in [0.15, 0.2) is 42.6 Å². The number of pyridine rings is 1. The van der Waals surface area contributed by atoms with Crippen molar-refractivity contribution in [3.8, 4) is 11.5 Å². The van der Waals surface area contributed by atoms with E-state index in [-0.39, 0.29) is 12.5 Å². The predicted molar refractivity (Wildman–Crippen MR) is 79.3 cm³/mol. The first kappa shape index (κ1) is 14.8. The maximum Gasteiger partial charge on any atom is 0.258 e. The zero-order valence-electron chi connectivity index (χ0n) is 12.1. The van der Waals surface area contributed by atoms with Crippen molar-refractivity contribution >= 4 is 5.91 Å². The Morgan fingerprint density at radius 2 is 2.10 bits per heavy atom. The molecule has 0 atom stereocenters. The molecule has 5 nitrogen and oxygen atoms in total. The molecule has 1 aromatic heterocycles. The summed E-state index contributed by atoms with van der Waals surface area (Å²) in [6.07, 6.45) is 1.69. The predicted octanol–water partition coefficient (Wildman–Crippen LogP) is 2.09. The molecule has 0 aliphatic heterocycles. The molecule has 0 spiro atoms. The Balaban J connectivity index is 1.84. The Hall–Kier alpha value is -2.56. The number of amides is 1. The van der Waals surface area contributed by atoms with Crippen molar-refractivity contribution in [3.63, 3.8) is 0 Å². The van der Waals surface area contributed by atoms with Gasteiger partial charge in [-0.15, -0.1) is 0 Å². The third kappa shape index (κ3) is 4.49. The second-order valence-electron chi connectivity index (χ2n) is 4.54. The molecule has 0 saturated heterocycles. The molecule has 1 heterocycles. The number of hydrogen-bond donors (Lipinski definition) is 1. The first-order chi connectivity index (χ1) is 10.2. The van der Waals surface area contributed by atoms with Crippen molar-refractivity contribution in [1.29, 1.82) is 0 Å². The van der Waals surface area contributed by atoms with Crippen molar-refractivity contribution < 1.29 is 14.3 Å². The number of hydrogen-bond acceptors (Lipinski definition) is 4. The van der Waals surface area contributed by atoms with Crippen LogP contribution in [0.1, 0.15) is 11.3 Å². The van der Waals surface area contributed by atoms with Crippen LogP contribution in [0.4, 0.5) is 0 Å². The van der Waals surface area contributed by atoms with Gasteiger partial charge in [-0.1, -0.05) is 12.1 Å². The number of aromatic nitrogens is 1. The van der Waals surface area contributed by atoms with Crippen LogP contribution in [0.25, 0.3) is 0 Å². The SMILES string of the molecule is COc1cc(C)ccc1OCC(=O)NCc1ccccn1. The zero-order chi connectivity index (χ0) is 15.1. The summed E-state index contributed by atoms with van der Waals surface area (Å²) >= 11 is 0. The zero-order valence-corrected chi connectivity index (χ0v) is 12.1. The summed E-state index contributed by atoms with van der Waals surface area (Å²) in [6.45, 7) is 2.28. The van der Waals surface area contributed by atoms with Gasteiger partial charge >= 0.3 is 0 Å². The molecule has 0 unspecified atom stereocenters. The lowest BCUT2D eigenvalue weighted by Gasteiger charge is -2.11. The highest BCUT2D eigenvalue weighted by Gasteiger charge is 2.07. The molecule has 2 rings (SSSR count). The van der Waals surface area contributed by atoms with E-state index in [9.17, 15) is 4.79 Å². The molecule has 0 aliphatic carbocycles. The summed E-state index contributed by atoms with van der Waals surface area (Å²) in [4.78, 5) is 15.9. The summed E-state index contributed by atoms with van der Waals surface area (Å²) in [7, 11) is 1.57. The number of aryl methyl sites for hydroxylation is 1.